The van der Waals surface area contributed by atoms with Crippen molar-refractivity contribution in [1.29, 1.82) is 0 Å². The third-order valence-electron chi connectivity index (χ3n) is 6.82. The molecule has 4 heterocycles. The molecule has 2 aliphatic rings. The van der Waals surface area contributed by atoms with Crippen LogP contribution in [-0.2, 0) is 10.0 Å². The van der Waals surface area contributed by atoms with Crippen LogP contribution in [0.3, 0.4) is 0 Å². The lowest BCUT2D eigenvalue weighted by molar-refractivity contribution is 0.133. The highest BCUT2D eigenvalue weighted by Gasteiger charge is 2.29. The van der Waals surface area contributed by atoms with E-state index in [1.54, 1.807) is 36.7 Å². The van der Waals surface area contributed by atoms with E-state index in [9.17, 15) is 8.42 Å². The van der Waals surface area contributed by atoms with Crippen LogP contribution in [0.1, 0.15) is 19.3 Å². The number of furan rings is 1. The molecule has 1 unspecified atom stereocenters. The molecule has 1 atom stereocenters. The van der Waals surface area contributed by atoms with Crippen molar-refractivity contribution in [3.63, 3.8) is 0 Å². The van der Waals surface area contributed by atoms with Crippen LogP contribution in [0.15, 0.2) is 70.3 Å². The molecule has 4 aromatic rings. The van der Waals surface area contributed by atoms with Crippen LogP contribution in [0, 0.1) is 0 Å². The van der Waals surface area contributed by atoms with Gasteiger partial charge in [0.25, 0.3) is 10.0 Å². The lowest BCUT2D eigenvalue weighted by Crippen LogP contribution is -2.54. The molecule has 2 saturated heterocycles. The van der Waals surface area contributed by atoms with Crippen LogP contribution in [0.2, 0.25) is 0 Å². The number of benzene rings is 2. The Morgan fingerprint density at radius 2 is 1.84 bits per heavy atom. The molecule has 2 aliphatic heterocycles. The number of rotatable bonds is 3. The number of hydrogen-bond acceptors (Lipinski definition) is 5. The monoisotopic (exact) mass is 435 g/mol. The van der Waals surface area contributed by atoms with Gasteiger partial charge in [-0.15, -0.1) is 0 Å². The van der Waals surface area contributed by atoms with E-state index in [4.69, 9.17) is 4.42 Å². The van der Waals surface area contributed by atoms with Gasteiger partial charge in [-0.3, -0.25) is 4.90 Å². The number of anilines is 1. The van der Waals surface area contributed by atoms with Gasteiger partial charge in [-0.1, -0.05) is 12.5 Å². The van der Waals surface area contributed by atoms with Crippen LogP contribution in [0.4, 0.5) is 5.69 Å². The molecule has 0 spiro atoms. The van der Waals surface area contributed by atoms with E-state index < -0.39 is 10.0 Å². The average Bonchev–Trinajstić information content (AvgIpc) is 3.45. The van der Waals surface area contributed by atoms with Gasteiger partial charge >= 0.3 is 0 Å². The summed E-state index contributed by atoms with van der Waals surface area (Å²) in [4.78, 5) is 5.28. The SMILES string of the molecule is O=S(=O)(c1ccc2occc2c1)n1ccc2ccc(N3CCN4CCCCC4C3)cc21. The fraction of sp³-hybridized carbons (Fsp3) is 0.333. The molecule has 6 nitrogen and oxygen atoms in total. The summed E-state index contributed by atoms with van der Waals surface area (Å²) in [5.41, 5.74) is 2.49. The van der Waals surface area contributed by atoms with Gasteiger partial charge in [0.15, 0.2) is 0 Å². The lowest BCUT2D eigenvalue weighted by atomic mass is 9.99. The van der Waals surface area contributed by atoms with E-state index in [-0.39, 0.29) is 4.90 Å². The van der Waals surface area contributed by atoms with Crippen molar-refractivity contribution in [1.82, 2.24) is 8.87 Å². The van der Waals surface area contributed by atoms with Crippen molar-refractivity contribution >= 4 is 37.6 Å². The highest BCUT2D eigenvalue weighted by molar-refractivity contribution is 7.90. The van der Waals surface area contributed by atoms with Gasteiger partial charge in [0.05, 0.1) is 16.7 Å². The molecule has 0 bridgehead atoms. The minimum Gasteiger partial charge on any atom is -0.464 e. The lowest BCUT2D eigenvalue weighted by Gasteiger charge is -2.45. The van der Waals surface area contributed by atoms with Crippen molar-refractivity contribution in [2.75, 3.05) is 31.1 Å². The first-order valence-electron chi connectivity index (χ1n) is 10.9. The highest BCUT2D eigenvalue weighted by atomic mass is 32.2. The quantitative estimate of drug-likeness (QED) is 0.480. The molecule has 2 aromatic carbocycles. The van der Waals surface area contributed by atoms with Gasteiger partial charge in [0.2, 0.25) is 0 Å². The van der Waals surface area contributed by atoms with Crippen LogP contribution < -0.4 is 4.90 Å². The minimum atomic E-state index is -3.71. The van der Waals surface area contributed by atoms with Crippen molar-refractivity contribution in [3.8, 4) is 0 Å². The molecular weight excluding hydrogens is 410 g/mol. The maximum atomic E-state index is 13.5. The summed E-state index contributed by atoms with van der Waals surface area (Å²) in [6.07, 6.45) is 7.08. The third-order valence-corrected chi connectivity index (χ3v) is 8.51. The zero-order chi connectivity index (χ0) is 21.0. The third kappa shape index (κ3) is 3.15. The van der Waals surface area contributed by atoms with Crippen LogP contribution in [0.25, 0.3) is 21.9 Å². The fourth-order valence-corrected chi connectivity index (χ4v) is 6.49. The summed E-state index contributed by atoms with van der Waals surface area (Å²) < 4.78 is 33.7. The van der Waals surface area contributed by atoms with E-state index in [1.165, 1.54) is 29.8 Å². The highest BCUT2D eigenvalue weighted by Crippen LogP contribution is 2.30. The smallest absolute Gasteiger partial charge is 0.268 e. The van der Waals surface area contributed by atoms with Gasteiger partial charge in [0.1, 0.15) is 5.58 Å². The molecule has 0 N–H and O–H groups in total. The predicted molar refractivity (Wildman–Crippen MR) is 122 cm³/mol. The molecule has 0 saturated carbocycles. The number of hydrogen-bond donors (Lipinski definition) is 0. The van der Waals surface area contributed by atoms with Crippen molar-refractivity contribution in [3.05, 3.63) is 61.0 Å². The normalized spacial score (nSPS) is 20.4. The van der Waals surface area contributed by atoms with E-state index in [2.05, 4.69) is 15.9 Å². The molecule has 0 aliphatic carbocycles. The number of piperazine rings is 1. The summed E-state index contributed by atoms with van der Waals surface area (Å²) in [5, 5.41) is 1.71. The molecular formula is C24H25N3O3S. The van der Waals surface area contributed by atoms with E-state index >= 15 is 0 Å². The van der Waals surface area contributed by atoms with Gasteiger partial charge in [-0.2, -0.15) is 0 Å². The molecule has 160 valence electrons. The van der Waals surface area contributed by atoms with Crippen LogP contribution in [-0.4, -0.2) is 49.5 Å². The first-order valence-corrected chi connectivity index (χ1v) is 12.4. The Morgan fingerprint density at radius 1 is 0.903 bits per heavy atom. The standard InChI is InChI=1S/C24H25N3O3S/c28-31(29,22-6-7-24-19(15-22)9-14-30-24)27-11-8-18-4-5-20(16-23(18)27)26-13-12-25-10-2-1-3-21(25)17-26/h4-9,11,14-16,21H,1-3,10,12-13,17H2. The Hall–Kier alpha value is -2.77. The largest absolute Gasteiger partial charge is 0.464 e. The molecule has 7 heteroatoms. The topological polar surface area (TPSA) is 58.7 Å². The zero-order valence-corrected chi connectivity index (χ0v) is 18.1. The molecule has 6 rings (SSSR count). The summed E-state index contributed by atoms with van der Waals surface area (Å²) in [6, 6.07) is 15.4. The summed E-state index contributed by atoms with van der Waals surface area (Å²) in [6.45, 7) is 4.27. The number of piperidine rings is 1. The van der Waals surface area contributed by atoms with Crippen molar-refractivity contribution in [2.45, 2.75) is 30.2 Å². The Kier molecular flexibility index (Phi) is 4.36. The predicted octanol–water partition coefficient (Wildman–Crippen LogP) is 4.30. The first-order chi connectivity index (χ1) is 15.1. The number of nitrogens with zero attached hydrogens (tertiary/aromatic N) is 3. The molecule has 2 fully saturated rings. The summed E-state index contributed by atoms with van der Waals surface area (Å²) >= 11 is 0. The molecule has 2 aromatic heterocycles. The maximum Gasteiger partial charge on any atom is 0.268 e. The number of fused-ring (bicyclic) bond motifs is 3. The summed E-state index contributed by atoms with van der Waals surface area (Å²) in [7, 11) is -3.71. The minimum absolute atomic E-state index is 0.264. The van der Waals surface area contributed by atoms with Gasteiger partial charge in [0, 0.05) is 48.3 Å². The Balaban J connectivity index is 1.37. The maximum absolute atomic E-state index is 13.5. The van der Waals surface area contributed by atoms with Crippen LogP contribution >= 0.6 is 0 Å². The Bertz CT molecular complexity index is 1370. The summed E-state index contributed by atoms with van der Waals surface area (Å²) in [5.74, 6) is 0. The van der Waals surface area contributed by atoms with Gasteiger partial charge in [-0.05, 0) is 61.9 Å². The van der Waals surface area contributed by atoms with Crippen molar-refractivity contribution < 1.29 is 12.8 Å². The van der Waals surface area contributed by atoms with Gasteiger partial charge < -0.3 is 9.32 Å². The number of aromatic nitrogens is 1. The van der Waals surface area contributed by atoms with E-state index in [1.807, 2.05) is 18.2 Å². The van der Waals surface area contributed by atoms with Crippen molar-refractivity contribution in [2.24, 2.45) is 0 Å². The Labute approximate surface area is 181 Å². The van der Waals surface area contributed by atoms with E-state index in [0.717, 1.165) is 41.6 Å². The van der Waals surface area contributed by atoms with Gasteiger partial charge in [-0.25, -0.2) is 12.4 Å². The average molecular weight is 436 g/mol. The molecule has 0 radical (unpaired) electrons. The molecule has 31 heavy (non-hydrogen) atoms. The second-order valence-corrected chi connectivity index (χ2v) is 10.4. The second-order valence-electron chi connectivity index (χ2n) is 8.61. The zero-order valence-electron chi connectivity index (χ0n) is 17.3. The molecule has 0 amide bonds. The Morgan fingerprint density at radius 3 is 2.77 bits per heavy atom. The van der Waals surface area contributed by atoms with Crippen LogP contribution in [0.5, 0.6) is 0 Å². The first kappa shape index (κ1) is 19.0. The van der Waals surface area contributed by atoms with E-state index in [0.29, 0.717) is 11.6 Å². The fourth-order valence-electron chi connectivity index (χ4n) is 5.11. The second kappa shape index (κ2) is 7.14.